The molecule has 0 saturated heterocycles. The molecule has 0 bridgehead atoms. The van der Waals surface area contributed by atoms with Gasteiger partial charge in [0.15, 0.2) is 11.2 Å². The predicted molar refractivity (Wildman–Crippen MR) is 123 cm³/mol. The molecule has 0 spiro atoms. The fraction of sp³-hybridized carbons (Fsp3) is 0.174. The number of hydrogen-bond donors (Lipinski definition) is 2. The summed E-state index contributed by atoms with van der Waals surface area (Å²) in [6.07, 6.45) is -1.03. The minimum Gasteiger partial charge on any atom is -0.380 e. The lowest BCUT2D eigenvalue weighted by atomic mass is 10.1. The van der Waals surface area contributed by atoms with Crippen molar-refractivity contribution in [2.45, 2.75) is 12.6 Å². The van der Waals surface area contributed by atoms with E-state index < -0.39 is 17.4 Å². The number of aliphatic hydroxyl groups excluding tert-OH is 1. The molecule has 1 atom stereocenters. The number of H-pyrrole nitrogens is 1. The van der Waals surface area contributed by atoms with E-state index in [0.29, 0.717) is 16.3 Å². The van der Waals surface area contributed by atoms with Crippen LogP contribution in [-0.4, -0.2) is 28.8 Å². The summed E-state index contributed by atoms with van der Waals surface area (Å²) < 4.78 is 4.03. The first-order chi connectivity index (χ1) is 15.4. The summed E-state index contributed by atoms with van der Waals surface area (Å²) in [6, 6.07) is 16.4. The van der Waals surface area contributed by atoms with Crippen LogP contribution in [0.4, 0.5) is 0 Å². The quantitative estimate of drug-likeness (QED) is 0.440. The maximum atomic E-state index is 13.3. The number of aromatic amines is 1. The van der Waals surface area contributed by atoms with Gasteiger partial charge in [-0.3, -0.25) is 13.9 Å². The van der Waals surface area contributed by atoms with Crippen LogP contribution in [0, 0.1) is 0 Å². The lowest BCUT2D eigenvalue weighted by Crippen LogP contribution is -2.39. The van der Waals surface area contributed by atoms with Crippen molar-refractivity contribution < 1.29 is 5.11 Å². The van der Waals surface area contributed by atoms with Crippen LogP contribution >= 0.6 is 11.6 Å². The van der Waals surface area contributed by atoms with Crippen molar-refractivity contribution in [1.82, 2.24) is 23.7 Å². The molecular weight excluding hydrogens is 430 g/mol. The average molecular weight is 450 g/mol. The van der Waals surface area contributed by atoms with Crippen LogP contribution in [0.5, 0.6) is 0 Å². The van der Waals surface area contributed by atoms with Gasteiger partial charge in [-0.25, -0.2) is 9.78 Å². The summed E-state index contributed by atoms with van der Waals surface area (Å²) in [5.41, 5.74) is 1.65. The zero-order valence-corrected chi connectivity index (χ0v) is 18.2. The van der Waals surface area contributed by atoms with Crippen molar-refractivity contribution in [2.75, 3.05) is 0 Å². The first-order valence-electron chi connectivity index (χ1n) is 10.0. The topological polar surface area (TPSA) is 97.8 Å². The number of nitrogens with one attached hydrogen (secondary N) is 1. The molecule has 0 aliphatic carbocycles. The predicted octanol–water partition coefficient (Wildman–Crippen LogP) is 2.70. The second-order valence-electron chi connectivity index (χ2n) is 7.74. The summed E-state index contributed by atoms with van der Waals surface area (Å²) >= 11 is 6.25. The van der Waals surface area contributed by atoms with Crippen molar-refractivity contribution in [1.29, 1.82) is 0 Å². The van der Waals surface area contributed by atoms with E-state index in [4.69, 9.17) is 11.6 Å². The van der Waals surface area contributed by atoms with Crippen molar-refractivity contribution in [3.63, 3.8) is 0 Å². The standard InChI is InChI=1S/C23H20ClN5O3/c1-27-18-20(26-21(27)19(30)13-7-4-3-5-8-13)28(2)23(32)29(22(18)31)12-14-11-15-16(24)9-6-10-17(15)25-14/h3-11,19,25,30H,12H2,1-2H3. The van der Waals surface area contributed by atoms with Gasteiger partial charge in [-0.1, -0.05) is 48.0 Å². The molecule has 2 N–H and O–H groups in total. The number of nitrogens with zero attached hydrogens (tertiary/aromatic N) is 4. The Hall–Kier alpha value is -3.62. The summed E-state index contributed by atoms with van der Waals surface area (Å²) in [5, 5.41) is 12.3. The smallest absolute Gasteiger partial charge is 0.332 e. The minimum atomic E-state index is -1.03. The van der Waals surface area contributed by atoms with Gasteiger partial charge in [0.1, 0.15) is 11.9 Å². The Balaban J connectivity index is 1.66. The Kier molecular flexibility index (Phi) is 4.76. The van der Waals surface area contributed by atoms with Gasteiger partial charge in [-0.2, -0.15) is 0 Å². The number of aliphatic hydroxyl groups is 1. The monoisotopic (exact) mass is 449 g/mol. The van der Waals surface area contributed by atoms with E-state index in [1.807, 2.05) is 36.4 Å². The number of imidazole rings is 1. The maximum absolute atomic E-state index is 13.3. The first kappa shape index (κ1) is 20.3. The molecule has 0 saturated carbocycles. The molecule has 0 radical (unpaired) electrons. The molecule has 5 rings (SSSR count). The number of aryl methyl sites for hydroxylation is 2. The minimum absolute atomic E-state index is 0.0498. The molecule has 0 amide bonds. The molecule has 1 unspecified atom stereocenters. The number of benzene rings is 2. The Morgan fingerprint density at radius 2 is 1.81 bits per heavy atom. The van der Waals surface area contributed by atoms with E-state index in [0.717, 1.165) is 15.5 Å². The van der Waals surface area contributed by atoms with E-state index in [9.17, 15) is 14.7 Å². The van der Waals surface area contributed by atoms with Crippen LogP contribution in [0.1, 0.15) is 23.2 Å². The van der Waals surface area contributed by atoms with Gasteiger partial charge in [0.25, 0.3) is 5.56 Å². The van der Waals surface area contributed by atoms with Crippen molar-refractivity contribution in [3.05, 3.63) is 97.5 Å². The number of halogens is 1. The van der Waals surface area contributed by atoms with E-state index in [1.54, 1.807) is 36.9 Å². The zero-order valence-electron chi connectivity index (χ0n) is 17.4. The Morgan fingerprint density at radius 3 is 2.53 bits per heavy atom. The highest BCUT2D eigenvalue weighted by Crippen LogP contribution is 2.25. The largest absolute Gasteiger partial charge is 0.380 e. The van der Waals surface area contributed by atoms with Gasteiger partial charge in [0, 0.05) is 35.7 Å². The fourth-order valence-corrected chi connectivity index (χ4v) is 4.29. The van der Waals surface area contributed by atoms with Gasteiger partial charge < -0.3 is 14.7 Å². The Labute approximate surface area is 186 Å². The van der Waals surface area contributed by atoms with Crippen LogP contribution in [-0.2, 0) is 20.6 Å². The molecule has 5 aromatic rings. The van der Waals surface area contributed by atoms with Crippen LogP contribution in [0.3, 0.4) is 0 Å². The highest BCUT2D eigenvalue weighted by atomic mass is 35.5. The average Bonchev–Trinajstić information content (AvgIpc) is 3.37. The second-order valence-corrected chi connectivity index (χ2v) is 8.15. The zero-order chi connectivity index (χ0) is 22.6. The summed E-state index contributed by atoms with van der Waals surface area (Å²) in [7, 11) is 3.23. The van der Waals surface area contributed by atoms with Crippen molar-refractivity contribution in [2.24, 2.45) is 14.1 Å². The Morgan fingerprint density at radius 1 is 1.06 bits per heavy atom. The van der Waals surface area contributed by atoms with Crippen molar-refractivity contribution in [3.8, 4) is 0 Å². The van der Waals surface area contributed by atoms with Gasteiger partial charge in [0.05, 0.1) is 6.54 Å². The number of fused-ring (bicyclic) bond motifs is 2. The molecule has 0 aliphatic heterocycles. The lowest BCUT2D eigenvalue weighted by Gasteiger charge is -2.10. The summed E-state index contributed by atoms with van der Waals surface area (Å²) in [4.78, 5) is 34.0. The SMILES string of the molecule is Cn1c(C(O)c2ccccc2)nc2c1c(=O)n(Cc1cc3c(Cl)cccc3[nH]1)c(=O)n2C. The van der Waals surface area contributed by atoms with Crippen LogP contribution < -0.4 is 11.2 Å². The van der Waals surface area contributed by atoms with Gasteiger partial charge >= 0.3 is 5.69 Å². The van der Waals surface area contributed by atoms with Gasteiger partial charge in [-0.15, -0.1) is 0 Å². The molecule has 162 valence electrons. The summed E-state index contributed by atoms with van der Waals surface area (Å²) in [6.45, 7) is 0.0498. The fourth-order valence-electron chi connectivity index (χ4n) is 4.06. The summed E-state index contributed by atoms with van der Waals surface area (Å²) in [5.74, 6) is 0.286. The van der Waals surface area contributed by atoms with Crippen LogP contribution in [0.25, 0.3) is 22.1 Å². The molecule has 3 aromatic heterocycles. The number of hydrogen-bond acceptors (Lipinski definition) is 4. The van der Waals surface area contributed by atoms with Crippen LogP contribution in [0.15, 0.2) is 64.2 Å². The molecule has 32 heavy (non-hydrogen) atoms. The second kappa shape index (κ2) is 7.51. The van der Waals surface area contributed by atoms with E-state index in [-0.39, 0.29) is 23.5 Å². The van der Waals surface area contributed by atoms with Crippen molar-refractivity contribution >= 4 is 33.7 Å². The van der Waals surface area contributed by atoms with E-state index in [2.05, 4.69) is 9.97 Å². The normalized spacial score (nSPS) is 12.6. The molecule has 3 heterocycles. The molecule has 0 fully saturated rings. The highest BCUT2D eigenvalue weighted by molar-refractivity contribution is 6.35. The third-order valence-electron chi connectivity index (χ3n) is 5.75. The van der Waals surface area contributed by atoms with E-state index in [1.165, 1.54) is 4.57 Å². The highest BCUT2D eigenvalue weighted by Gasteiger charge is 2.23. The molecule has 2 aromatic carbocycles. The number of rotatable bonds is 4. The van der Waals surface area contributed by atoms with Gasteiger partial charge in [0.2, 0.25) is 0 Å². The van der Waals surface area contributed by atoms with Gasteiger partial charge in [-0.05, 0) is 23.8 Å². The van der Waals surface area contributed by atoms with Crippen LogP contribution in [0.2, 0.25) is 5.02 Å². The maximum Gasteiger partial charge on any atom is 0.332 e. The molecule has 9 heteroatoms. The molecule has 0 aliphatic rings. The number of aromatic nitrogens is 5. The lowest BCUT2D eigenvalue weighted by molar-refractivity contribution is 0.207. The van der Waals surface area contributed by atoms with E-state index >= 15 is 0 Å². The third-order valence-corrected chi connectivity index (χ3v) is 6.08. The molecule has 8 nitrogen and oxygen atoms in total. The third kappa shape index (κ3) is 3.07. The first-order valence-corrected chi connectivity index (χ1v) is 10.4. The molecular formula is C23H20ClN5O3. The Bertz CT molecular complexity index is 1590.